The van der Waals surface area contributed by atoms with Crippen LogP contribution in [0, 0.1) is 0 Å². The molecule has 0 aliphatic rings. The standard InChI is InChI=1S/C21H21N3O4/c1-14(28-18-10-8-17(27-3)9-11-18)21(26)23-16-6-4-15(5-7-16)19(25)20-22-12-13-24(20)2/h4-14H,1-3H3,(H,23,26)/t14-/m0/s1. The second-order valence-electron chi connectivity index (χ2n) is 6.19. The van der Waals surface area contributed by atoms with E-state index in [0.29, 0.717) is 28.6 Å². The summed E-state index contributed by atoms with van der Waals surface area (Å²) < 4.78 is 12.4. The first-order valence-electron chi connectivity index (χ1n) is 8.71. The van der Waals surface area contributed by atoms with Gasteiger partial charge in [0, 0.05) is 30.7 Å². The summed E-state index contributed by atoms with van der Waals surface area (Å²) >= 11 is 0. The van der Waals surface area contributed by atoms with Crippen LogP contribution in [0.15, 0.2) is 60.9 Å². The highest BCUT2D eigenvalue weighted by molar-refractivity contribution is 6.07. The molecule has 3 aromatic rings. The van der Waals surface area contributed by atoms with Gasteiger partial charge in [0.25, 0.3) is 5.91 Å². The van der Waals surface area contributed by atoms with Crippen LogP contribution in [0.3, 0.4) is 0 Å². The molecule has 7 heteroatoms. The van der Waals surface area contributed by atoms with Crippen molar-refractivity contribution in [3.63, 3.8) is 0 Å². The topological polar surface area (TPSA) is 82.4 Å². The fraction of sp³-hybridized carbons (Fsp3) is 0.190. The first-order chi connectivity index (χ1) is 13.5. The highest BCUT2D eigenvalue weighted by Gasteiger charge is 2.16. The van der Waals surface area contributed by atoms with Crippen molar-refractivity contribution in [3.8, 4) is 11.5 Å². The van der Waals surface area contributed by atoms with Gasteiger partial charge in [-0.2, -0.15) is 0 Å². The van der Waals surface area contributed by atoms with E-state index in [9.17, 15) is 9.59 Å². The van der Waals surface area contributed by atoms with Crippen molar-refractivity contribution in [2.75, 3.05) is 12.4 Å². The molecule has 1 amide bonds. The van der Waals surface area contributed by atoms with Gasteiger partial charge in [-0.25, -0.2) is 4.98 Å². The number of aryl methyl sites for hydroxylation is 1. The van der Waals surface area contributed by atoms with E-state index in [4.69, 9.17) is 9.47 Å². The minimum absolute atomic E-state index is 0.179. The SMILES string of the molecule is COc1ccc(O[C@@H](C)C(=O)Nc2ccc(C(=O)c3nccn3C)cc2)cc1. The van der Waals surface area contributed by atoms with Gasteiger partial charge < -0.3 is 19.4 Å². The predicted octanol–water partition coefficient (Wildman–Crippen LogP) is 3.07. The first-order valence-corrected chi connectivity index (χ1v) is 8.71. The van der Waals surface area contributed by atoms with Gasteiger partial charge in [0.1, 0.15) is 11.5 Å². The van der Waals surface area contributed by atoms with Gasteiger partial charge in [-0.3, -0.25) is 9.59 Å². The predicted molar refractivity (Wildman–Crippen MR) is 105 cm³/mol. The molecule has 0 fully saturated rings. The zero-order valence-electron chi connectivity index (χ0n) is 15.9. The quantitative estimate of drug-likeness (QED) is 0.638. The Balaban J connectivity index is 1.60. The van der Waals surface area contributed by atoms with E-state index in [2.05, 4.69) is 10.3 Å². The molecule has 1 heterocycles. The van der Waals surface area contributed by atoms with Gasteiger partial charge in [0.2, 0.25) is 5.78 Å². The van der Waals surface area contributed by atoms with Crippen molar-refractivity contribution in [1.29, 1.82) is 0 Å². The maximum absolute atomic E-state index is 12.4. The zero-order valence-corrected chi connectivity index (χ0v) is 15.9. The summed E-state index contributed by atoms with van der Waals surface area (Å²) in [6.07, 6.45) is 2.60. The molecule has 3 rings (SSSR count). The van der Waals surface area contributed by atoms with E-state index in [1.807, 2.05) is 0 Å². The van der Waals surface area contributed by atoms with E-state index >= 15 is 0 Å². The maximum Gasteiger partial charge on any atom is 0.265 e. The number of benzene rings is 2. The van der Waals surface area contributed by atoms with Crippen LogP contribution in [0.4, 0.5) is 5.69 Å². The van der Waals surface area contributed by atoms with Crippen molar-refractivity contribution in [1.82, 2.24) is 9.55 Å². The van der Waals surface area contributed by atoms with Crippen LogP contribution < -0.4 is 14.8 Å². The van der Waals surface area contributed by atoms with Crippen molar-refractivity contribution >= 4 is 17.4 Å². The normalized spacial score (nSPS) is 11.5. The van der Waals surface area contributed by atoms with Crippen LogP contribution in [-0.2, 0) is 11.8 Å². The van der Waals surface area contributed by atoms with Gasteiger partial charge >= 0.3 is 0 Å². The number of aromatic nitrogens is 2. The molecule has 0 unspecified atom stereocenters. The van der Waals surface area contributed by atoms with E-state index in [1.165, 1.54) is 0 Å². The van der Waals surface area contributed by atoms with Crippen LogP contribution >= 0.6 is 0 Å². The highest BCUT2D eigenvalue weighted by atomic mass is 16.5. The Morgan fingerprint density at radius 2 is 1.68 bits per heavy atom. The number of amides is 1. The number of rotatable bonds is 7. The molecule has 0 radical (unpaired) electrons. The summed E-state index contributed by atoms with van der Waals surface area (Å²) in [5, 5.41) is 2.78. The Morgan fingerprint density at radius 3 is 2.25 bits per heavy atom. The van der Waals surface area contributed by atoms with Crippen LogP contribution in [0.1, 0.15) is 23.1 Å². The molecule has 2 aromatic carbocycles. The molecule has 0 bridgehead atoms. The summed E-state index contributed by atoms with van der Waals surface area (Å²) in [5.74, 6) is 1.17. The minimum Gasteiger partial charge on any atom is -0.497 e. The number of hydrogen-bond donors (Lipinski definition) is 1. The number of ketones is 1. The van der Waals surface area contributed by atoms with E-state index in [1.54, 1.807) is 86.6 Å². The number of methoxy groups -OCH3 is 1. The zero-order chi connectivity index (χ0) is 20.1. The number of hydrogen-bond acceptors (Lipinski definition) is 5. The molecule has 1 aromatic heterocycles. The first kappa shape index (κ1) is 19.2. The molecule has 1 atom stereocenters. The number of carbonyl (C=O) groups is 2. The third kappa shape index (κ3) is 4.37. The van der Waals surface area contributed by atoms with E-state index in [0.717, 1.165) is 0 Å². The minimum atomic E-state index is -0.692. The molecular formula is C21H21N3O4. The molecule has 0 saturated carbocycles. The Hall–Kier alpha value is -3.61. The largest absolute Gasteiger partial charge is 0.497 e. The molecule has 144 valence electrons. The van der Waals surface area contributed by atoms with E-state index < -0.39 is 6.10 Å². The number of nitrogens with zero attached hydrogens (tertiary/aromatic N) is 2. The van der Waals surface area contributed by atoms with E-state index in [-0.39, 0.29) is 11.7 Å². The Bertz CT molecular complexity index is 962. The molecule has 1 N–H and O–H groups in total. The number of ether oxygens (including phenoxy) is 2. The van der Waals surface area contributed by atoms with Crippen LogP contribution in [0.2, 0.25) is 0 Å². The third-order valence-electron chi connectivity index (χ3n) is 4.18. The van der Waals surface area contributed by atoms with Crippen LogP contribution in [0.5, 0.6) is 11.5 Å². The summed E-state index contributed by atoms with van der Waals surface area (Å²) in [4.78, 5) is 28.8. The van der Waals surface area contributed by atoms with Crippen molar-refractivity contribution in [2.45, 2.75) is 13.0 Å². The summed E-state index contributed by atoms with van der Waals surface area (Å²) in [7, 11) is 3.35. The fourth-order valence-electron chi connectivity index (χ4n) is 2.57. The van der Waals surface area contributed by atoms with Gasteiger partial charge in [0.05, 0.1) is 7.11 Å². The Morgan fingerprint density at radius 1 is 1.04 bits per heavy atom. The monoisotopic (exact) mass is 379 g/mol. The molecule has 0 saturated heterocycles. The summed E-state index contributed by atoms with van der Waals surface area (Å²) in [6, 6.07) is 13.7. The number of anilines is 1. The molecule has 0 aliphatic heterocycles. The van der Waals surface area contributed by atoms with Gasteiger partial charge in [-0.05, 0) is 55.5 Å². The summed E-state index contributed by atoms with van der Waals surface area (Å²) in [6.45, 7) is 1.67. The number of nitrogens with one attached hydrogen (secondary N) is 1. The second-order valence-corrected chi connectivity index (χ2v) is 6.19. The van der Waals surface area contributed by atoms with Crippen molar-refractivity contribution in [2.24, 2.45) is 7.05 Å². The van der Waals surface area contributed by atoms with Gasteiger partial charge in [0.15, 0.2) is 11.9 Å². The third-order valence-corrected chi connectivity index (χ3v) is 4.18. The lowest BCUT2D eigenvalue weighted by atomic mass is 10.1. The lowest BCUT2D eigenvalue weighted by Gasteiger charge is -2.15. The van der Waals surface area contributed by atoms with Gasteiger partial charge in [-0.15, -0.1) is 0 Å². The van der Waals surface area contributed by atoms with Crippen LogP contribution in [-0.4, -0.2) is 34.5 Å². The molecule has 0 spiro atoms. The fourth-order valence-corrected chi connectivity index (χ4v) is 2.57. The average Bonchev–Trinajstić information content (AvgIpc) is 3.14. The Labute approximate surface area is 162 Å². The van der Waals surface area contributed by atoms with Crippen molar-refractivity contribution < 1.29 is 19.1 Å². The molecule has 0 aliphatic carbocycles. The number of carbonyl (C=O) groups excluding carboxylic acids is 2. The van der Waals surface area contributed by atoms with Gasteiger partial charge in [-0.1, -0.05) is 0 Å². The van der Waals surface area contributed by atoms with Crippen LogP contribution in [0.25, 0.3) is 0 Å². The maximum atomic E-state index is 12.4. The van der Waals surface area contributed by atoms with Crippen molar-refractivity contribution in [3.05, 3.63) is 72.3 Å². The molecule has 7 nitrogen and oxygen atoms in total. The number of imidazole rings is 1. The Kier molecular flexibility index (Phi) is 5.74. The molecule has 28 heavy (non-hydrogen) atoms. The lowest BCUT2D eigenvalue weighted by molar-refractivity contribution is -0.122. The smallest absolute Gasteiger partial charge is 0.265 e. The molecular weight excluding hydrogens is 358 g/mol. The summed E-state index contributed by atoms with van der Waals surface area (Å²) in [5.41, 5.74) is 1.07. The second kappa shape index (κ2) is 8.39. The average molecular weight is 379 g/mol. The highest BCUT2D eigenvalue weighted by Crippen LogP contribution is 2.19. The lowest BCUT2D eigenvalue weighted by Crippen LogP contribution is -2.30.